The second-order valence-electron chi connectivity index (χ2n) is 27.8. The van der Waals surface area contributed by atoms with Gasteiger partial charge in [0.15, 0.2) is 5.96 Å². The molecule has 1 aliphatic heterocycles. The number of fused-ring (bicyclic) bond motifs is 2. The Labute approximate surface area is 652 Å². The number of H-pyrrole nitrogens is 2. The summed E-state index contributed by atoms with van der Waals surface area (Å²) in [5.74, 6) is -20.4. The van der Waals surface area contributed by atoms with Crippen molar-refractivity contribution < 1.29 is 86.9 Å². The lowest BCUT2D eigenvalue weighted by Gasteiger charge is -2.31. The second kappa shape index (κ2) is 43.3. The van der Waals surface area contributed by atoms with Gasteiger partial charge in [-0.2, -0.15) is 0 Å². The van der Waals surface area contributed by atoms with Crippen molar-refractivity contribution in [1.29, 1.82) is 5.41 Å². The first-order chi connectivity index (χ1) is 53.0. The molecule has 0 bridgehead atoms. The highest BCUT2D eigenvalue weighted by atomic mass is 33.1. The molecule has 2 aliphatic rings. The molecule has 41 heteroatoms. The molecule has 25 N–H and O–H groups in total. The van der Waals surface area contributed by atoms with Gasteiger partial charge in [0, 0.05) is 67.5 Å². The van der Waals surface area contributed by atoms with Crippen LogP contribution in [0, 0.1) is 23.2 Å². The fraction of sp³-hybridized carbons (Fsp3) is 0.521. The van der Waals surface area contributed by atoms with E-state index in [4.69, 9.17) is 22.6 Å². The fourth-order valence-corrected chi connectivity index (χ4v) is 14.6. The van der Waals surface area contributed by atoms with Crippen LogP contribution in [0.25, 0.3) is 10.9 Å². The number of aromatic nitrogens is 3. The molecular formula is C71H101N21O18S2. The van der Waals surface area contributed by atoms with Crippen molar-refractivity contribution in [3.05, 3.63) is 89.6 Å². The Morgan fingerprint density at radius 2 is 1.26 bits per heavy atom. The van der Waals surface area contributed by atoms with E-state index in [0.29, 0.717) is 22.9 Å². The first kappa shape index (κ1) is 89.5. The number of nitrogens with two attached hydrogens (primary N) is 3. The third-order valence-electron chi connectivity index (χ3n) is 18.6. The number of primary amides is 2. The molecule has 1 fully saturated rings. The van der Waals surface area contributed by atoms with Crippen LogP contribution in [0.2, 0.25) is 0 Å². The molecule has 1 saturated heterocycles. The van der Waals surface area contributed by atoms with Crippen LogP contribution >= 0.6 is 21.6 Å². The molecule has 4 aromatic rings. The van der Waals surface area contributed by atoms with Crippen LogP contribution < -0.4 is 91.6 Å². The van der Waals surface area contributed by atoms with Crippen LogP contribution in [-0.4, -0.2) is 229 Å². The number of nitrogens with one attached hydrogen (secondary N) is 17. The highest BCUT2D eigenvalue weighted by molar-refractivity contribution is 8.76. The van der Waals surface area contributed by atoms with E-state index in [1.165, 1.54) is 32.6 Å². The molecule has 15 amide bonds. The molecule has 112 heavy (non-hydrogen) atoms. The van der Waals surface area contributed by atoms with E-state index in [9.17, 15) is 72.5 Å². The van der Waals surface area contributed by atoms with Gasteiger partial charge in [-0.1, -0.05) is 98.2 Å². The number of carboxylic acid groups (broad SMARTS) is 1. The van der Waals surface area contributed by atoms with Gasteiger partial charge in [-0.05, 0) is 86.5 Å². The predicted octanol–water partition coefficient (Wildman–Crippen LogP) is -4.97. The van der Waals surface area contributed by atoms with Crippen molar-refractivity contribution in [2.45, 2.75) is 191 Å². The van der Waals surface area contributed by atoms with Gasteiger partial charge >= 0.3 is 5.97 Å². The number of hydrogen-bond donors (Lipinski definition) is 22. The zero-order valence-corrected chi connectivity index (χ0v) is 64.5. The van der Waals surface area contributed by atoms with Crippen molar-refractivity contribution in [1.82, 2.24) is 89.4 Å². The molecule has 0 unspecified atom stereocenters. The lowest BCUT2D eigenvalue weighted by Crippen LogP contribution is -2.62. The summed E-state index contributed by atoms with van der Waals surface area (Å²) in [4.78, 5) is 235. The topological polar surface area (TPSA) is 628 Å². The van der Waals surface area contributed by atoms with E-state index in [1.807, 2.05) is 0 Å². The highest BCUT2D eigenvalue weighted by Gasteiger charge is 2.42. The van der Waals surface area contributed by atoms with Crippen molar-refractivity contribution >= 4 is 133 Å². The third-order valence-corrected chi connectivity index (χ3v) is 21.0. The standard InChI is InChI=1S/C71H101N21O18S2/c1-8-34(4)56(82-37(7)94)69(109)89-51-31-112-111-30-50(67(107)91-57(36(6)93)59(73)99)88-62(102)45(18-13-21-77-71(74)75)83-64(104)48(25-42-28-76-32-80-42)85-60(100)35(5)81-53(96)29-79-61(101)47(24-41-27-78-44-17-12-11-16-43(41)44)86-65(105)49(26-54(97)98)87-63(103)46(19-20-52(72)95)84-70(110)58(40-22-38-14-9-10-15-39(38)23-40)92-68(108)55(33(2)3)90-66(51)106/h9-12,14-17,27-28,32-36,40,45-51,55-58,78,93H,8,13,18-26,29-31H2,1-7H3,(H2,72,95)(H2,73,99)(H,76,80)(H,79,101)(H,81,96)(H,82,94)(H,83,104)(H,84,110)(H,85,100)(H,86,105)(H,87,103)(H,88,102)(H,89,109)(H,90,106)(H,91,107)(H,92,108)(H,97,98)(H4,74,75,77)/t34-,35-,36+,45-,46-,47-,48-,49-,50-,51-,55-,56-,57-,58-/m0/s1. The van der Waals surface area contributed by atoms with Gasteiger partial charge in [-0.3, -0.25) is 82.1 Å². The number of hydrogen-bond acceptors (Lipinski definition) is 21. The quantitative estimate of drug-likeness (QED) is 0.0135. The Bertz CT molecular complexity index is 4040. The van der Waals surface area contributed by atoms with Crippen LogP contribution in [0.4, 0.5) is 0 Å². The van der Waals surface area contributed by atoms with E-state index < -0.39 is 234 Å². The Kier molecular flexibility index (Phi) is 34.6. The normalized spacial score (nSPS) is 23.4. The molecule has 2 aromatic heterocycles. The maximum atomic E-state index is 15.2. The molecule has 3 heterocycles. The number of aliphatic carboxylic acids is 1. The van der Waals surface area contributed by atoms with Crippen LogP contribution in [0.5, 0.6) is 0 Å². The van der Waals surface area contributed by atoms with Gasteiger partial charge in [0.05, 0.1) is 31.1 Å². The molecule has 0 spiro atoms. The number of benzene rings is 2. The third kappa shape index (κ3) is 27.6. The van der Waals surface area contributed by atoms with Crippen LogP contribution in [0.1, 0.15) is 109 Å². The summed E-state index contributed by atoms with van der Waals surface area (Å²) in [5, 5.41) is 64.6. The first-order valence-corrected chi connectivity index (χ1v) is 38.8. The van der Waals surface area contributed by atoms with E-state index in [2.05, 4.69) is 89.4 Å². The van der Waals surface area contributed by atoms with Gasteiger partial charge in [-0.15, -0.1) is 0 Å². The number of carbonyl (C=O) groups excluding carboxylic acids is 15. The first-order valence-electron chi connectivity index (χ1n) is 36.3. The highest BCUT2D eigenvalue weighted by Crippen LogP contribution is 2.30. The van der Waals surface area contributed by atoms with Gasteiger partial charge in [0.2, 0.25) is 88.6 Å². The summed E-state index contributed by atoms with van der Waals surface area (Å²) in [6.45, 7) is 9.17. The van der Waals surface area contributed by atoms with Crippen LogP contribution in [-0.2, 0) is 102 Å². The summed E-state index contributed by atoms with van der Waals surface area (Å²) in [7, 11) is 1.66. The second-order valence-corrected chi connectivity index (χ2v) is 30.3. The number of nitrogens with zero attached hydrogens (tertiary/aromatic N) is 1. The molecule has 14 atom stereocenters. The van der Waals surface area contributed by atoms with E-state index in [-0.39, 0.29) is 50.8 Å². The summed E-state index contributed by atoms with van der Waals surface area (Å²) < 4.78 is 0. The predicted molar refractivity (Wildman–Crippen MR) is 409 cm³/mol. The minimum atomic E-state index is -2.04. The zero-order chi connectivity index (χ0) is 82.6. The number of amides is 15. The molecular weight excluding hydrogens is 1500 g/mol. The SMILES string of the molecule is CC[C@H](C)[C@H](NC(C)=O)C(=O)N[C@H]1CSSC[C@@H](C(=O)N[C@H](C(N)=O)[C@@H](C)O)NC(=O)[C@H](CCCNC(=N)N)NC(=O)[C@H](Cc2c[nH]cn2)NC(=O)[C@H](C)NC(=O)CNC(=O)[C@H](Cc2c[nH]c3ccccc23)NC(=O)[C@H](CC(=O)O)NC(=O)[C@H](CCC(N)=O)NC(=O)[C@H](C2Cc3ccccc3C2)NC(=O)[C@H](C(C)C)NC1=O. The van der Waals surface area contributed by atoms with E-state index in [0.717, 1.165) is 39.6 Å². The molecule has 0 radical (unpaired) electrons. The number of carboxylic acids is 1. The average Bonchev–Trinajstić information content (AvgIpc) is 1.65. The molecule has 610 valence electrons. The fourth-order valence-electron chi connectivity index (χ4n) is 12.3. The van der Waals surface area contributed by atoms with Gasteiger partial charge in [0.25, 0.3) is 0 Å². The molecule has 6 rings (SSSR count). The van der Waals surface area contributed by atoms with Crippen LogP contribution in [0.3, 0.4) is 0 Å². The summed E-state index contributed by atoms with van der Waals surface area (Å²) in [6, 6.07) is -5.72. The number of imidazole rings is 1. The monoisotopic (exact) mass is 1600 g/mol. The van der Waals surface area contributed by atoms with Gasteiger partial charge in [0.1, 0.15) is 72.5 Å². The van der Waals surface area contributed by atoms with E-state index >= 15 is 14.4 Å². The number of aliphatic hydroxyl groups excluding tert-OH is 1. The average molecular weight is 1600 g/mol. The smallest absolute Gasteiger partial charge is 0.305 e. The summed E-state index contributed by atoms with van der Waals surface area (Å²) in [6.07, 6.45) is 0.0673. The summed E-state index contributed by atoms with van der Waals surface area (Å²) >= 11 is 0. The zero-order valence-electron chi connectivity index (χ0n) is 62.9. The minimum Gasteiger partial charge on any atom is -0.481 e. The molecule has 1 aliphatic carbocycles. The Hall–Kier alpha value is -11.4. The number of para-hydroxylation sites is 1. The number of carbonyl (C=O) groups is 16. The van der Waals surface area contributed by atoms with Gasteiger partial charge < -0.3 is 112 Å². The maximum absolute atomic E-state index is 15.2. The van der Waals surface area contributed by atoms with Gasteiger partial charge in [-0.25, -0.2) is 4.98 Å². The number of guanidine groups is 1. The number of aromatic amines is 2. The van der Waals surface area contributed by atoms with Crippen molar-refractivity contribution in [3.8, 4) is 0 Å². The number of rotatable bonds is 24. The molecule has 0 saturated carbocycles. The number of aliphatic hydroxyl groups is 1. The van der Waals surface area contributed by atoms with E-state index in [1.54, 1.807) is 76.2 Å². The summed E-state index contributed by atoms with van der Waals surface area (Å²) in [5.41, 5.74) is 19.5. The lowest BCUT2D eigenvalue weighted by molar-refractivity contribution is -0.141. The van der Waals surface area contributed by atoms with Crippen LogP contribution in [0.15, 0.2) is 67.3 Å². The lowest BCUT2D eigenvalue weighted by atomic mass is 9.93. The van der Waals surface area contributed by atoms with Crippen molar-refractivity contribution in [3.63, 3.8) is 0 Å². The molecule has 2 aromatic carbocycles. The maximum Gasteiger partial charge on any atom is 0.305 e. The Morgan fingerprint density at radius 3 is 1.88 bits per heavy atom. The Balaban J connectivity index is 1.46. The Morgan fingerprint density at radius 1 is 0.661 bits per heavy atom. The minimum absolute atomic E-state index is 0.000435. The van der Waals surface area contributed by atoms with Crippen molar-refractivity contribution in [2.75, 3.05) is 24.6 Å². The molecule has 39 nitrogen and oxygen atoms in total. The largest absolute Gasteiger partial charge is 0.481 e. The van der Waals surface area contributed by atoms with Crippen molar-refractivity contribution in [2.24, 2.45) is 35.0 Å².